The Bertz CT molecular complexity index is 658. The number of aliphatic imine (C=N–C) groups is 1. The first-order valence-electron chi connectivity index (χ1n) is 10.1. The lowest BCUT2D eigenvalue weighted by Crippen LogP contribution is -2.58. The summed E-state index contributed by atoms with van der Waals surface area (Å²) in [5, 5.41) is 6.93. The largest absolute Gasteiger partial charge is 0.381 e. The molecular formula is C21H34FIN4O. The highest BCUT2D eigenvalue weighted by Crippen LogP contribution is 2.30. The quantitative estimate of drug-likeness (QED) is 0.366. The molecule has 2 aliphatic rings. The van der Waals surface area contributed by atoms with E-state index in [9.17, 15) is 4.39 Å². The van der Waals surface area contributed by atoms with Gasteiger partial charge >= 0.3 is 0 Å². The first-order valence-corrected chi connectivity index (χ1v) is 10.1. The smallest absolute Gasteiger partial charge is 0.191 e. The second-order valence-corrected chi connectivity index (χ2v) is 7.83. The molecule has 1 unspecified atom stereocenters. The summed E-state index contributed by atoms with van der Waals surface area (Å²) in [4.78, 5) is 7.02. The minimum atomic E-state index is -0.167. The Kier molecular flexibility index (Phi) is 8.95. The van der Waals surface area contributed by atoms with E-state index in [1.165, 1.54) is 25.9 Å². The van der Waals surface area contributed by atoms with E-state index in [-0.39, 0.29) is 41.4 Å². The molecule has 0 aliphatic carbocycles. The van der Waals surface area contributed by atoms with Crippen molar-refractivity contribution in [1.82, 2.24) is 15.5 Å². The molecule has 2 fully saturated rings. The molecule has 3 rings (SSSR count). The van der Waals surface area contributed by atoms with Crippen molar-refractivity contribution in [3.05, 3.63) is 35.1 Å². The molecule has 5 nitrogen and oxygen atoms in total. The van der Waals surface area contributed by atoms with E-state index in [4.69, 9.17) is 4.74 Å². The standard InChI is InChI=1S/C21H33FN4O.HI/c1-16-6-7-18(14-19(16)22)17(2)25-20(23-3)24-15-21(8-12-27-13-9-21)26-10-4-5-11-26;/h6-7,14,17H,4-5,8-13,15H2,1-3H3,(H2,23,24,25);1H. The van der Waals surface area contributed by atoms with Gasteiger partial charge < -0.3 is 15.4 Å². The van der Waals surface area contributed by atoms with Gasteiger partial charge in [-0.1, -0.05) is 12.1 Å². The number of halogens is 2. The summed E-state index contributed by atoms with van der Waals surface area (Å²) in [6.45, 7) is 8.65. The molecule has 1 aromatic rings. The molecule has 0 aromatic heterocycles. The van der Waals surface area contributed by atoms with Crippen LogP contribution in [0.5, 0.6) is 0 Å². The van der Waals surface area contributed by atoms with Crippen LogP contribution in [-0.2, 0) is 4.74 Å². The summed E-state index contributed by atoms with van der Waals surface area (Å²) in [6.07, 6.45) is 4.67. The van der Waals surface area contributed by atoms with Crippen molar-refractivity contribution in [2.24, 2.45) is 4.99 Å². The summed E-state index contributed by atoms with van der Waals surface area (Å²) in [5.41, 5.74) is 1.73. The zero-order valence-corrected chi connectivity index (χ0v) is 19.6. The van der Waals surface area contributed by atoms with Gasteiger partial charge in [0.1, 0.15) is 5.82 Å². The van der Waals surface area contributed by atoms with Gasteiger partial charge in [-0.25, -0.2) is 4.39 Å². The van der Waals surface area contributed by atoms with Crippen molar-refractivity contribution in [2.75, 3.05) is 39.9 Å². The van der Waals surface area contributed by atoms with E-state index in [2.05, 4.69) is 20.5 Å². The Hall–Kier alpha value is -0.930. The number of guanidine groups is 1. The third-order valence-corrected chi connectivity index (χ3v) is 6.06. The van der Waals surface area contributed by atoms with E-state index >= 15 is 0 Å². The van der Waals surface area contributed by atoms with E-state index < -0.39 is 0 Å². The monoisotopic (exact) mass is 504 g/mol. The molecule has 0 bridgehead atoms. The number of hydrogen-bond donors (Lipinski definition) is 2. The number of benzene rings is 1. The van der Waals surface area contributed by atoms with Crippen molar-refractivity contribution in [2.45, 2.75) is 51.1 Å². The fraction of sp³-hybridized carbons (Fsp3) is 0.667. The van der Waals surface area contributed by atoms with Gasteiger partial charge in [0.25, 0.3) is 0 Å². The molecule has 158 valence electrons. The second kappa shape index (κ2) is 10.7. The van der Waals surface area contributed by atoms with Gasteiger partial charge in [-0.3, -0.25) is 9.89 Å². The number of aryl methyl sites for hydroxylation is 1. The first-order chi connectivity index (χ1) is 13.0. The van der Waals surface area contributed by atoms with Crippen LogP contribution in [0.4, 0.5) is 4.39 Å². The maximum absolute atomic E-state index is 13.9. The first kappa shape index (κ1) is 23.3. The number of likely N-dealkylation sites (tertiary alicyclic amines) is 1. The van der Waals surface area contributed by atoms with Crippen LogP contribution < -0.4 is 10.6 Å². The van der Waals surface area contributed by atoms with Gasteiger partial charge in [-0.2, -0.15) is 0 Å². The molecule has 1 aromatic carbocycles. The normalized spacial score (nSPS) is 21.1. The van der Waals surface area contributed by atoms with Crippen LogP contribution in [0.2, 0.25) is 0 Å². The number of hydrogen-bond acceptors (Lipinski definition) is 3. The molecule has 0 saturated carbocycles. The van der Waals surface area contributed by atoms with Crippen molar-refractivity contribution >= 4 is 29.9 Å². The van der Waals surface area contributed by atoms with Crippen LogP contribution in [0.25, 0.3) is 0 Å². The average molecular weight is 504 g/mol. The summed E-state index contributed by atoms with van der Waals surface area (Å²) >= 11 is 0. The third kappa shape index (κ3) is 5.57. The molecule has 7 heteroatoms. The highest BCUT2D eigenvalue weighted by Gasteiger charge is 2.39. The zero-order chi connectivity index (χ0) is 19.3. The Morgan fingerprint density at radius 3 is 2.57 bits per heavy atom. The minimum Gasteiger partial charge on any atom is -0.381 e. The Balaban J connectivity index is 0.00000280. The molecule has 2 heterocycles. The summed E-state index contributed by atoms with van der Waals surface area (Å²) in [6, 6.07) is 5.37. The molecule has 2 saturated heterocycles. The molecule has 2 N–H and O–H groups in total. The van der Waals surface area contributed by atoms with Crippen LogP contribution in [0, 0.1) is 12.7 Å². The highest BCUT2D eigenvalue weighted by atomic mass is 127. The number of nitrogens with one attached hydrogen (secondary N) is 2. The van der Waals surface area contributed by atoms with Crippen LogP contribution in [0.15, 0.2) is 23.2 Å². The number of ether oxygens (including phenoxy) is 1. The van der Waals surface area contributed by atoms with Crippen LogP contribution in [0.3, 0.4) is 0 Å². The maximum Gasteiger partial charge on any atom is 0.191 e. The predicted molar refractivity (Wildman–Crippen MR) is 123 cm³/mol. The van der Waals surface area contributed by atoms with Crippen LogP contribution in [-0.4, -0.2) is 56.3 Å². The molecule has 0 spiro atoms. The van der Waals surface area contributed by atoms with Gasteiger partial charge in [-0.05, 0) is 69.8 Å². The van der Waals surface area contributed by atoms with Gasteiger partial charge in [-0.15, -0.1) is 24.0 Å². The summed E-state index contributed by atoms with van der Waals surface area (Å²) < 4.78 is 19.5. The summed E-state index contributed by atoms with van der Waals surface area (Å²) in [7, 11) is 1.78. The van der Waals surface area contributed by atoms with Gasteiger partial charge in [0, 0.05) is 32.3 Å². The zero-order valence-electron chi connectivity index (χ0n) is 17.3. The third-order valence-electron chi connectivity index (χ3n) is 6.06. The van der Waals surface area contributed by atoms with Crippen LogP contribution in [0.1, 0.15) is 49.8 Å². The van der Waals surface area contributed by atoms with E-state index in [0.29, 0.717) is 5.56 Å². The number of nitrogens with zero attached hydrogens (tertiary/aromatic N) is 2. The second-order valence-electron chi connectivity index (χ2n) is 7.83. The SMILES string of the molecule is CN=C(NCC1(N2CCCC2)CCOCC1)NC(C)c1ccc(C)c(F)c1.I. The molecular weight excluding hydrogens is 470 g/mol. The van der Waals surface area contributed by atoms with Crippen LogP contribution >= 0.6 is 24.0 Å². The molecule has 0 amide bonds. The molecule has 28 heavy (non-hydrogen) atoms. The Morgan fingerprint density at radius 1 is 1.29 bits per heavy atom. The number of rotatable bonds is 5. The van der Waals surface area contributed by atoms with E-state index in [1.807, 2.05) is 19.1 Å². The van der Waals surface area contributed by atoms with Crippen molar-refractivity contribution in [1.29, 1.82) is 0 Å². The highest BCUT2D eigenvalue weighted by molar-refractivity contribution is 14.0. The predicted octanol–water partition coefficient (Wildman–Crippen LogP) is 3.62. The van der Waals surface area contributed by atoms with Gasteiger partial charge in [0.15, 0.2) is 5.96 Å². The lowest BCUT2D eigenvalue weighted by atomic mass is 9.88. The molecule has 0 radical (unpaired) electrons. The fourth-order valence-electron chi connectivity index (χ4n) is 4.16. The van der Waals surface area contributed by atoms with Crippen molar-refractivity contribution < 1.29 is 9.13 Å². The van der Waals surface area contributed by atoms with Gasteiger partial charge in [0.05, 0.1) is 6.04 Å². The summed E-state index contributed by atoms with van der Waals surface area (Å²) in [5.74, 6) is 0.591. The fourth-order valence-corrected chi connectivity index (χ4v) is 4.16. The van der Waals surface area contributed by atoms with Gasteiger partial charge in [0.2, 0.25) is 0 Å². The molecule has 2 aliphatic heterocycles. The Labute approximate surface area is 185 Å². The average Bonchev–Trinajstić information content (AvgIpc) is 3.23. The minimum absolute atomic E-state index is 0. The lowest BCUT2D eigenvalue weighted by Gasteiger charge is -2.45. The lowest BCUT2D eigenvalue weighted by molar-refractivity contribution is -0.0164. The van der Waals surface area contributed by atoms with Crippen molar-refractivity contribution in [3.8, 4) is 0 Å². The maximum atomic E-state index is 13.9. The Morgan fingerprint density at radius 2 is 1.96 bits per heavy atom. The van der Waals surface area contributed by atoms with Crippen molar-refractivity contribution in [3.63, 3.8) is 0 Å². The molecule has 1 atom stereocenters. The van der Waals surface area contributed by atoms with E-state index in [0.717, 1.165) is 44.1 Å². The topological polar surface area (TPSA) is 48.9 Å². The van der Waals surface area contributed by atoms with E-state index in [1.54, 1.807) is 20.0 Å².